The minimum Gasteiger partial charge on any atom is -0.322 e. The summed E-state index contributed by atoms with van der Waals surface area (Å²) in [7, 11) is 0. The molecule has 0 saturated heterocycles. The molecule has 142 valence electrons. The molecule has 0 spiro atoms. The van der Waals surface area contributed by atoms with Crippen LogP contribution in [0.15, 0.2) is 53.6 Å². The fourth-order valence-electron chi connectivity index (χ4n) is 2.32. The third-order valence-corrected chi connectivity index (χ3v) is 4.28. The van der Waals surface area contributed by atoms with Gasteiger partial charge in [0.15, 0.2) is 0 Å². The second-order valence-electron chi connectivity index (χ2n) is 7.50. The van der Waals surface area contributed by atoms with Gasteiger partial charge in [-0.2, -0.15) is 5.10 Å². The van der Waals surface area contributed by atoms with E-state index in [-0.39, 0.29) is 17.2 Å². The summed E-state index contributed by atoms with van der Waals surface area (Å²) in [6.45, 7) is 10.2. The molecule has 0 saturated carbocycles. The molecule has 0 bridgehead atoms. The molecule has 5 heteroatoms. The number of nitrogens with one attached hydrogen (secondary N) is 2. The Bertz CT molecular complexity index is 829. The summed E-state index contributed by atoms with van der Waals surface area (Å²) >= 11 is 0. The Morgan fingerprint density at radius 1 is 0.889 bits per heavy atom. The van der Waals surface area contributed by atoms with Gasteiger partial charge in [-0.25, -0.2) is 5.43 Å². The predicted octanol–water partition coefficient (Wildman–Crippen LogP) is 4.75. The number of carbonyl (C=O) groups excluding carboxylic acids is 2. The van der Waals surface area contributed by atoms with Gasteiger partial charge in [-0.05, 0) is 60.7 Å². The van der Waals surface area contributed by atoms with Crippen LogP contribution < -0.4 is 10.7 Å². The van der Waals surface area contributed by atoms with E-state index in [1.165, 1.54) is 5.56 Å². The van der Waals surface area contributed by atoms with Crippen molar-refractivity contribution in [1.29, 1.82) is 0 Å². The second kappa shape index (κ2) is 8.62. The summed E-state index contributed by atoms with van der Waals surface area (Å²) in [5, 5.41) is 6.84. The molecule has 0 aromatic heterocycles. The Balaban J connectivity index is 2.01. The molecule has 0 radical (unpaired) electrons. The lowest BCUT2D eigenvalue weighted by Crippen LogP contribution is -2.19. The van der Waals surface area contributed by atoms with Crippen molar-refractivity contribution in [2.24, 2.45) is 5.10 Å². The number of carbonyl (C=O) groups is 2. The van der Waals surface area contributed by atoms with Gasteiger partial charge >= 0.3 is 0 Å². The molecule has 0 aliphatic rings. The zero-order chi connectivity index (χ0) is 20.0. The number of hydrazone groups is 1. The Hall–Kier alpha value is -2.95. The van der Waals surface area contributed by atoms with Crippen LogP contribution in [0.4, 0.5) is 5.69 Å². The van der Waals surface area contributed by atoms with Gasteiger partial charge < -0.3 is 5.32 Å². The maximum Gasteiger partial charge on any atom is 0.271 e. The first-order valence-electron chi connectivity index (χ1n) is 9.06. The molecule has 0 aliphatic heterocycles. The van der Waals surface area contributed by atoms with Crippen molar-refractivity contribution in [3.8, 4) is 0 Å². The Morgan fingerprint density at radius 2 is 1.41 bits per heavy atom. The molecule has 0 fully saturated rings. The zero-order valence-electron chi connectivity index (χ0n) is 16.6. The number of nitrogens with zero attached hydrogens (tertiary/aromatic N) is 1. The normalized spacial score (nSPS) is 11.8. The maximum absolute atomic E-state index is 12.4. The highest BCUT2D eigenvalue weighted by Crippen LogP contribution is 2.22. The van der Waals surface area contributed by atoms with Gasteiger partial charge in [0, 0.05) is 22.5 Å². The Morgan fingerprint density at radius 3 is 1.93 bits per heavy atom. The fourth-order valence-corrected chi connectivity index (χ4v) is 2.32. The van der Waals surface area contributed by atoms with Gasteiger partial charge in [0.2, 0.25) is 0 Å². The minimum atomic E-state index is -0.279. The summed E-state index contributed by atoms with van der Waals surface area (Å²) in [5.74, 6) is -0.464. The van der Waals surface area contributed by atoms with Crippen molar-refractivity contribution < 1.29 is 9.59 Å². The quantitative estimate of drug-likeness (QED) is 0.593. The van der Waals surface area contributed by atoms with Gasteiger partial charge in [-0.15, -0.1) is 0 Å². The van der Waals surface area contributed by atoms with Crippen LogP contribution in [0, 0.1) is 0 Å². The topological polar surface area (TPSA) is 70.6 Å². The SMILES string of the molecule is CC/C(C)=N/NC(=O)c1ccc(NC(=O)c2ccc(C(C)(C)C)cc2)cc1. The molecule has 0 aliphatic carbocycles. The molecular weight excluding hydrogens is 338 g/mol. The number of benzene rings is 2. The van der Waals surface area contributed by atoms with Gasteiger partial charge in [-0.1, -0.05) is 39.8 Å². The summed E-state index contributed by atoms with van der Waals surface area (Å²) in [6, 6.07) is 14.3. The van der Waals surface area contributed by atoms with E-state index >= 15 is 0 Å². The lowest BCUT2D eigenvalue weighted by atomic mass is 9.87. The molecule has 2 aromatic rings. The molecule has 2 amide bonds. The average molecular weight is 365 g/mol. The molecule has 0 heterocycles. The van der Waals surface area contributed by atoms with Crippen LogP contribution in [-0.2, 0) is 5.41 Å². The van der Waals surface area contributed by atoms with Gasteiger partial charge in [0.25, 0.3) is 11.8 Å². The van der Waals surface area contributed by atoms with Crippen LogP contribution in [0.25, 0.3) is 0 Å². The van der Waals surface area contributed by atoms with E-state index in [0.717, 1.165) is 12.1 Å². The van der Waals surface area contributed by atoms with E-state index in [9.17, 15) is 9.59 Å². The summed E-state index contributed by atoms with van der Waals surface area (Å²) in [4.78, 5) is 24.4. The summed E-state index contributed by atoms with van der Waals surface area (Å²) in [6.07, 6.45) is 0.780. The monoisotopic (exact) mass is 365 g/mol. The highest BCUT2D eigenvalue weighted by molar-refractivity contribution is 6.04. The van der Waals surface area contributed by atoms with Crippen LogP contribution >= 0.6 is 0 Å². The van der Waals surface area contributed by atoms with Gasteiger partial charge in [0.05, 0.1) is 0 Å². The number of rotatable bonds is 5. The Labute approximate surface area is 160 Å². The van der Waals surface area contributed by atoms with Crippen LogP contribution in [-0.4, -0.2) is 17.5 Å². The van der Waals surface area contributed by atoms with Crippen molar-refractivity contribution in [3.63, 3.8) is 0 Å². The molecule has 0 atom stereocenters. The van der Waals surface area contributed by atoms with E-state index in [1.807, 2.05) is 38.1 Å². The van der Waals surface area contributed by atoms with Crippen LogP contribution in [0.3, 0.4) is 0 Å². The number of hydrogen-bond donors (Lipinski definition) is 2. The average Bonchev–Trinajstić information content (AvgIpc) is 2.65. The van der Waals surface area contributed by atoms with E-state index in [2.05, 4.69) is 36.6 Å². The van der Waals surface area contributed by atoms with Gasteiger partial charge in [-0.3, -0.25) is 9.59 Å². The summed E-state index contributed by atoms with van der Waals surface area (Å²) in [5.41, 5.74) is 6.29. The van der Waals surface area contributed by atoms with Crippen molar-refractivity contribution in [3.05, 3.63) is 65.2 Å². The number of hydrogen-bond acceptors (Lipinski definition) is 3. The lowest BCUT2D eigenvalue weighted by Gasteiger charge is -2.19. The van der Waals surface area contributed by atoms with E-state index < -0.39 is 0 Å². The van der Waals surface area contributed by atoms with Crippen LogP contribution in [0.2, 0.25) is 0 Å². The first-order valence-corrected chi connectivity index (χ1v) is 9.06. The molecule has 5 nitrogen and oxygen atoms in total. The fraction of sp³-hybridized carbons (Fsp3) is 0.318. The van der Waals surface area contributed by atoms with E-state index in [1.54, 1.807) is 24.3 Å². The van der Waals surface area contributed by atoms with Crippen molar-refractivity contribution >= 4 is 23.2 Å². The lowest BCUT2D eigenvalue weighted by molar-refractivity contribution is 0.0954. The van der Waals surface area contributed by atoms with Crippen molar-refractivity contribution in [2.75, 3.05) is 5.32 Å². The highest BCUT2D eigenvalue weighted by Gasteiger charge is 2.14. The zero-order valence-corrected chi connectivity index (χ0v) is 16.6. The highest BCUT2D eigenvalue weighted by atomic mass is 16.2. The molecular formula is C22H27N3O2. The number of anilines is 1. The molecule has 27 heavy (non-hydrogen) atoms. The summed E-state index contributed by atoms with van der Waals surface area (Å²) < 4.78 is 0. The van der Waals surface area contributed by atoms with E-state index in [0.29, 0.717) is 16.8 Å². The van der Waals surface area contributed by atoms with Gasteiger partial charge in [0.1, 0.15) is 0 Å². The first kappa shape index (κ1) is 20.4. The number of amides is 2. The maximum atomic E-state index is 12.4. The molecule has 2 rings (SSSR count). The van der Waals surface area contributed by atoms with E-state index in [4.69, 9.17) is 0 Å². The molecule has 2 aromatic carbocycles. The van der Waals surface area contributed by atoms with Crippen LogP contribution in [0.5, 0.6) is 0 Å². The van der Waals surface area contributed by atoms with Crippen LogP contribution in [0.1, 0.15) is 67.3 Å². The second-order valence-corrected chi connectivity index (χ2v) is 7.50. The van der Waals surface area contributed by atoms with Crippen molar-refractivity contribution in [2.45, 2.75) is 46.5 Å². The first-order chi connectivity index (χ1) is 12.7. The largest absolute Gasteiger partial charge is 0.322 e. The Kier molecular flexibility index (Phi) is 6.50. The smallest absolute Gasteiger partial charge is 0.271 e. The predicted molar refractivity (Wildman–Crippen MR) is 110 cm³/mol. The standard InChI is InChI=1S/C22H27N3O2/c1-6-15(2)24-25-21(27)17-9-13-19(14-10-17)23-20(26)16-7-11-18(12-8-16)22(3,4)5/h7-14H,6H2,1-5H3,(H,23,26)(H,25,27)/b24-15+. The minimum absolute atomic E-state index is 0.0468. The molecule has 2 N–H and O–H groups in total. The third kappa shape index (κ3) is 5.78. The van der Waals surface area contributed by atoms with Crippen molar-refractivity contribution in [1.82, 2.24) is 5.43 Å². The molecule has 0 unspecified atom stereocenters. The third-order valence-electron chi connectivity index (χ3n) is 4.28.